The molecule has 8 aromatic carbocycles. The molecule has 0 N–H and O–H groups in total. The van der Waals surface area contributed by atoms with E-state index >= 15 is 0 Å². The van der Waals surface area contributed by atoms with E-state index < -0.39 is 0 Å². The molecule has 0 saturated heterocycles. The molecular formula is C48H36. The van der Waals surface area contributed by atoms with E-state index in [9.17, 15) is 0 Å². The van der Waals surface area contributed by atoms with Gasteiger partial charge in [-0.25, -0.2) is 0 Å². The van der Waals surface area contributed by atoms with E-state index in [1.54, 1.807) is 0 Å². The zero-order valence-electron chi connectivity index (χ0n) is 27.9. The Hall–Kier alpha value is -5.46. The fraction of sp³-hybridized carbons (Fsp3) is 0.125. The Kier molecular flexibility index (Phi) is 5.50. The van der Waals surface area contributed by atoms with E-state index in [0.717, 1.165) is 0 Å². The maximum absolute atomic E-state index is 2.52. The Balaban J connectivity index is 1.25. The normalized spacial score (nSPS) is 15.0. The molecule has 2 aliphatic rings. The molecule has 0 unspecified atom stereocenters. The highest BCUT2D eigenvalue weighted by atomic mass is 14.4. The molecule has 0 spiro atoms. The lowest BCUT2D eigenvalue weighted by molar-refractivity contribution is 0.652. The van der Waals surface area contributed by atoms with Gasteiger partial charge in [0, 0.05) is 10.8 Å². The second-order valence-corrected chi connectivity index (χ2v) is 14.9. The van der Waals surface area contributed by atoms with Gasteiger partial charge in [0.2, 0.25) is 0 Å². The Labute approximate surface area is 282 Å². The Morgan fingerprint density at radius 3 is 1.65 bits per heavy atom. The molecule has 0 aliphatic heterocycles. The van der Waals surface area contributed by atoms with Crippen molar-refractivity contribution in [3.05, 3.63) is 168 Å². The van der Waals surface area contributed by atoms with Crippen LogP contribution in [-0.2, 0) is 10.8 Å². The number of fused-ring (bicyclic) bond motifs is 10. The van der Waals surface area contributed by atoms with Crippen molar-refractivity contribution in [2.75, 3.05) is 0 Å². The lowest BCUT2D eigenvalue weighted by Crippen LogP contribution is -2.17. The summed E-state index contributed by atoms with van der Waals surface area (Å²) in [5, 5.41) is 7.79. The summed E-state index contributed by atoms with van der Waals surface area (Å²) in [6, 6.07) is 54.8. The predicted octanol–water partition coefficient (Wildman–Crippen LogP) is 13.1. The minimum absolute atomic E-state index is 0.0190. The second-order valence-electron chi connectivity index (χ2n) is 14.9. The monoisotopic (exact) mass is 612 g/mol. The molecule has 0 heterocycles. The van der Waals surface area contributed by atoms with Crippen molar-refractivity contribution < 1.29 is 0 Å². The smallest absolute Gasteiger partial charge is 0.0159 e. The van der Waals surface area contributed by atoms with E-state index in [0.29, 0.717) is 0 Å². The summed E-state index contributed by atoms with van der Waals surface area (Å²) in [5.74, 6) is 0. The third-order valence-corrected chi connectivity index (χ3v) is 11.6. The van der Waals surface area contributed by atoms with Crippen LogP contribution in [-0.4, -0.2) is 0 Å². The Morgan fingerprint density at radius 2 is 0.896 bits per heavy atom. The fourth-order valence-corrected chi connectivity index (χ4v) is 9.25. The molecule has 0 saturated carbocycles. The van der Waals surface area contributed by atoms with Crippen LogP contribution in [0.15, 0.2) is 146 Å². The summed E-state index contributed by atoms with van der Waals surface area (Å²) in [6.07, 6.45) is 0. The summed E-state index contributed by atoms with van der Waals surface area (Å²) in [7, 11) is 0. The van der Waals surface area contributed by atoms with Gasteiger partial charge in [0.1, 0.15) is 0 Å². The minimum atomic E-state index is -0.125. The molecule has 8 aromatic rings. The first-order chi connectivity index (χ1) is 23.3. The number of hydrogen-bond acceptors (Lipinski definition) is 0. The van der Waals surface area contributed by atoms with Gasteiger partial charge in [0.15, 0.2) is 0 Å². The molecule has 0 nitrogen and oxygen atoms in total. The zero-order valence-corrected chi connectivity index (χ0v) is 27.9. The second kappa shape index (κ2) is 9.55. The van der Waals surface area contributed by atoms with E-state index in [1.807, 2.05) is 0 Å². The van der Waals surface area contributed by atoms with E-state index in [4.69, 9.17) is 0 Å². The maximum atomic E-state index is 2.52. The summed E-state index contributed by atoms with van der Waals surface area (Å²) in [4.78, 5) is 0. The third-order valence-electron chi connectivity index (χ3n) is 11.6. The zero-order chi connectivity index (χ0) is 32.4. The molecule has 10 rings (SSSR count). The molecule has 2 aliphatic carbocycles. The van der Waals surface area contributed by atoms with Gasteiger partial charge in [-0.15, -0.1) is 0 Å². The summed E-state index contributed by atoms with van der Waals surface area (Å²) in [6.45, 7) is 9.60. The van der Waals surface area contributed by atoms with Crippen LogP contribution in [0.25, 0.3) is 76.8 Å². The molecular weight excluding hydrogens is 577 g/mol. The SMILES string of the molecule is CC1(C)c2ccccc2-c2cc3c(cc21)-c1ccc(-c2c4ccccc4c(-c4ccccc4)c4c2ccc2ccccc24)cc1C3(C)C. The molecule has 0 atom stereocenters. The van der Waals surface area contributed by atoms with Crippen LogP contribution in [0, 0.1) is 0 Å². The topological polar surface area (TPSA) is 0 Å². The van der Waals surface area contributed by atoms with E-state index in [1.165, 1.54) is 99.1 Å². The highest BCUT2D eigenvalue weighted by Crippen LogP contribution is 2.57. The van der Waals surface area contributed by atoms with Crippen molar-refractivity contribution in [2.45, 2.75) is 38.5 Å². The van der Waals surface area contributed by atoms with Gasteiger partial charge in [0.25, 0.3) is 0 Å². The summed E-state index contributed by atoms with van der Waals surface area (Å²) < 4.78 is 0. The highest BCUT2D eigenvalue weighted by Gasteiger charge is 2.41. The van der Waals surface area contributed by atoms with Gasteiger partial charge in [-0.1, -0.05) is 155 Å². The number of hydrogen-bond donors (Lipinski definition) is 0. The summed E-state index contributed by atoms with van der Waals surface area (Å²) >= 11 is 0. The van der Waals surface area contributed by atoms with Crippen LogP contribution >= 0.6 is 0 Å². The van der Waals surface area contributed by atoms with Gasteiger partial charge in [-0.2, -0.15) is 0 Å². The summed E-state index contributed by atoms with van der Waals surface area (Å²) in [5.41, 5.74) is 16.3. The average Bonchev–Trinajstić information content (AvgIpc) is 3.48. The molecule has 0 heteroatoms. The molecule has 228 valence electrons. The third kappa shape index (κ3) is 3.55. The van der Waals surface area contributed by atoms with Crippen LogP contribution in [0.1, 0.15) is 49.9 Å². The van der Waals surface area contributed by atoms with Gasteiger partial charge >= 0.3 is 0 Å². The van der Waals surface area contributed by atoms with Crippen LogP contribution < -0.4 is 0 Å². The van der Waals surface area contributed by atoms with Crippen LogP contribution in [0.3, 0.4) is 0 Å². The predicted molar refractivity (Wildman–Crippen MR) is 205 cm³/mol. The van der Waals surface area contributed by atoms with Crippen molar-refractivity contribution in [3.63, 3.8) is 0 Å². The Bertz CT molecular complexity index is 2650. The van der Waals surface area contributed by atoms with Crippen LogP contribution in [0.4, 0.5) is 0 Å². The largest absolute Gasteiger partial charge is 0.0622 e. The van der Waals surface area contributed by atoms with Crippen molar-refractivity contribution in [1.29, 1.82) is 0 Å². The van der Waals surface area contributed by atoms with Crippen molar-refractivity contribution >= 4 is 32.3 Å². The lowest BCUT2D eigenvalue weighted by Gasteiger charge is -2.24. The van der Waals surface area contributed by atoms with Gasteiger partial charge in [-0.05, 0) is 117 Å². The maximum Gasteiger partial charge on any atom is 0.0159 e. The van der Waals surface area contributed by atoms with Crippen molar-refractivity contribution in [1.82, 2.24) is 0 Å². The molecule has 0 bridgehead atoms. The van der Waals surface area contributed by atoms with Crippen LogP contribution in [0.2, 0.25) is 0 Å². The van der Waals surface area contributed by atoms with Gasteiger partial charge in [-0.3, -0.25) is 0 Å². The Morgan fingerprint density at radius 1 is 0.333 bits per heavy atom. The van der Waals surface area contributed by atoms with Gasteiger partial charge < -0.3 is 0 Å². The molecule has 0 amide bonds. The first-order valence-electron chi connectivity index (χ1n) is 17.2. The molecule has 0 radical (unpaired) electrons. The molecule has 0 fully saturated rings. The molecule has 48 heavy (non-hydrogen) atoms. The standard InChI is InChI=1S/C48H36/c1-47(2)40-21-13-12-18-33(40)38-27-43-39(28-42(38)47)34-24-23-31(26-41(34)48(43,3)4)44-35-19-10-11-20-36(35)45(30-15-6-5-7-16-30)46-32-17-9-8-14-29(32)22-25-37(44)46/h5-28H,1-4H3. The quantitative estimate of drug-likeness (QED) is 0.135. The van der Waals surface area contributed by atoms with E-state index in [-0.39, 0.29) is 10.8 Å². The number of rotatable bonds is 2. The average molecular weight is 613 g/mol. The minimum Gasteiger partial charge on any atom is -0.0622 e. The fourth-order valence-electron chi connectivity index (χ4n) is 9.25. The number of benzene rings is 8. The van der Waals surface area contributed by atoms with E-state index in [2.05, 4.69) is 173 Å². The molecule has 0 aromatic heterocycles. The lowest BCUT2D eigenvalue weighted by atomic mass is 9.78. The first kappa shape index (κ1) is 27.6. The van der Waals surface area contributed by atoms with Crippen LogP contribution in [0.5, 0.6) is 0 Å². The van der Waals surface area contributed by atoms with Crippen molar-refractivity contribution in [3.8, 4) is 44.5 Å². The van der Waals surface area contributed by atoms with Crippen molar-refractivity contribution in [2.24, 2.45) is 0 Å². The highest BCUT2D eigenvalue weighted by molar-refractivity contribution is 6.28. The van der Waals surface area contributed by atoms with Gasteiger partial charge in [0.05, 0.1) is 0 Å². The first-order valence-corrected chi connectivity index (χ1v) is 17.2.